The Balaban J connectivity index is 2.26. The summed E-state index contributed by atoms with van der Waals surface area (Å²) in [6.07, 6.45) is -2.21. The van der Waals surface area contributed by atoms with Crippen LogP contribution in [0.5, 0.6) is 0 Å². The second-order valence-corrected chi connectivity index (χ2v) is 4.31. The lowest BCUT2D eigenvalue weighted by Gasteiger charge is -2.11. The lowest BCUT2D eigenvalue weighted by Crippen LogP contribution is -2.30. The Morgan fingerprint density at radius 1 is 1.38 bits per heavy atom. The van der Waals surface area contributed by atoms with E-state index in [0.29, 0.717) is 10.3 Å². The van der Waals surface area contributed by atoms with Crippen LogP contribution in [-0.2, 0) is 6.54 Å². The van der Waals surface area contributed by atoms with E-state index in [2.05, 4.69) is 5.32 Å². The number of pyridine rings is 1. The summed E-state index contributed by atoms with van der Waals surface area (Å²) in [7, 11) is 0. The number of anilines is 1. The van der Waals surface area contributed by atoms with Crippen LogP contribution >= 0.6 is 0 Å². The first-order valence-electron chi connectivity index (χ1n) is 5.89. The predicted molar refractivity (Wildman–Crippen MR) is 68.2 cm³/mol. The Hall–Kier alpha value is -2.51. The molecule has 0 fully saturated rings. The summed E-state index contributed by atoms with van der Waals surface area (Å²) in [5.74, 6) is -0.276. The zero-order chi connectivity index (χ0) is 15.6. The van der Waals surface area contributed by atoms with Crippen molar-refractivity contribution in [3.05, 3.63) is 52.3 Å². The van der Waals surface area contributed by atoms with Gasteiger partial charge in [-0.05, 0) is 25.1 Å². The minimum Gasteiger partial charge on any atom is -0.469 e. The van der Waals surface area contributed by atoms with E-state index in [1.807, 2.05) is 0 Å². The van der Waals surface area contributed by atoms with Crippen molar-refractivity contribution in [3.63, 3.8) is 0 Å². The van der Waals surface area contributed by atoms with E-state index in [1.165, 1.54) is 24.5 Å². The molecule has 2 aromatic heterocycles. The largest absolute Gasteiger partial charge is 0.469 e. The highest BCUT2D eigenvalue weighted by Crippen LogP contribution is 2.17. The fraction of sp³-hybridized carbons (Fsp3) is 0.231. The van der Waals surface area contributed by atoms with Crippen LogP contribution in [0.2, 0.25) is 0 Å². The van der Waals surface area contributed by atoms with Crippen molar-refractivity contribution < 1.29 is 22.4 Å². The van der Waals surface area contributed by atoms with Gasteiger partial charge in [0, 0.05) is 6.20 Å². The van der Waals surface area contributed by atoms with Crippen molar-refractivity contribution in [2.24, 2.45) is 0 Å². The molecule has 0 saturated heterocycles. The van der Waals surface area contributed by atoms with Gasteiger partial charge >= 0.3 is 6.18 Å². The zero-order valence-electron chi connectivity index (χ0n) is 10.9. The standard InChI is InChI=1S/C13H11F3N2O3/c1-8-9(4-6-21-8)11(19)17-10-3-2-5-18(12(10)20)7-13(14,15)16/h2-6H,7H2,1H3,(H,17,19). The fourth-order valence-electron chi connectivity index (χ4n) is 1.76. The van der Waals surface area contributed by atoms with Crippen LogP contribution in [0.15, 0.2) is 39.9 Å². The van der Waals surface area contributed by atoms with Gasteiger partial charge in [-0.1, -0.05) is 0 Å². The molecule has 0 saturated carbocycles. The van der Waals surface area contributed by atoms with Crippen LogP contribution in [0.1, 0.15) is 16.1 Å². The number of halogens is 3. The molecule has 0 radical (unpaired) electrons. The summed E-state index contributed by atoms with van der Waals surface area (Å²) in [4.78, 5) is 23.8. The predicted octanol–water partition coefficient (Wildman–Crippen LogP) is 2.56. The number of carbonyl (C=O) groups excluding carboxylic acids is 1. The number of nitrogens with zero attached hydrogens (tertiary/aromatic N) is 1. The van der Waals surface area contributed by atoms with Crippen LogP contribution in [-0.4, -0.2) is 16.7 Å². The summed E-state index contributed by atoms with van der Waals surface area (Å²) in [6, 6.07) is 3.90. The number of hydrogen-bond donors (Lipinski definition) is 1. The zero-order valence-corrected chi connectivity index (χ0v) is 10.9. The minimum atomic E-state index is -4.52. The number of amides is 1. The second kappa shape index (κ2) is 5.47. The van der Waals surface area contributed by atoms with Crippen molar-refractivity contribution in [1.82, 2.24) is 4.57 Å². The van der Waals surface area contributed by atoms with Crippen LogP contribution < -0.4 is 10.9 Å². The van der Waals surface area contributed by atoms with E-state index >= 15 is 0 Å². The van der Waals surface area contributed by atoms with Crippen LogP contribution in [0.4, 0.5) is 18.9 Å². The molecule has 21 heavy (non-hydrogen) atoms. The van der Waals surface area contributed by atoms with Gasteiger partial charge in [-0.15, -0.1) is 0 Å². The van der Waals surface area contributed by atoms with E-state index in [9.17, 15) is 22.8 Å². The molecule has 0 spiro atoms. The normalized spacial score (nSPS) is 11.4. The van der Waals surface area contributed by atoms with Gasteiger partial charge in [-0.2, -0.15) is 13.2 Å². The molecule has 0 bridgehead atoms. The molecule has 2 aromatic rings. The van der Waals surface area contributed by atoms with Crippen LogP contribution in [0, 0.1) is 6.92 Å². The number of carbonyl (C=O) groups is 1. The topological polar surface area (TPSA) is 64.2 Å². The average Bonchev–Trinajstić information content (AvgIpc) is 2.79. The van der Waals surface area contributed by atoms with Crippen molar-refractivity contribution in [1.29, 1.82) is 0 Å². The molecule has 5 nitrogen and oxygen atoms in total. The van der Waals surface area contributed by atoms with Crippen molar-refractivity contribution >= 4 is 11.6 Å². The minimum absolute atomic E-state index is 0.209. The highest BCUT2D eigenvalue weighted by Gasteiger charge is 2.28. The molecule has 0 aliphatic rings. The molecule has 0 aliphatic carbocycles. The Kier molecular flexibility index (Phi) is 3.88. The maximum absolute atomic E-state index is 12.3. The van der Waals surface area contributed by atoms with Gasteiger partial charge < -0.3 is 14.3 Å². The van der Waals surface area contributed by atoms with Gasteiger partial charge in [0.1, 0.15) is 18.0 Å². The highest BCUT2D eigenvalue weighted by molar-refractivity contribution is 6.04. The van der Waals surface area contributed by atoms with Gasteiger partial charge in [-0.25, -0.2) is 0 Å². The molecule has 0 unspecified atom stereocenters. The third-order valence-electron chi connectivity index (χ3n) is 2.72. The third kappa shape index (κ3) is 3.53. The fourth-order valence-corrected chi connectivity index (χ4v) is 1.76. The van der Waals surface area contributed by atoms with Gasteiger partial charge in [0.15, 0.2) is 0 Å². The number of furan rings is 1. The van der Waals surface area contributed by atoms with E-state index in [1.54, 1.807) is 6.92 Å². The van der Waals surface area contributed by atoms with Crippen LogP contribution in [0.3, 0.4) is 0 Å². The van der Waals surface area contributed by atoms with Crippen LogP contribution in [0.25, 0.3) is 0 Å². The molecule has 0 atom stereocenters. The number of hydrogen-bond acceptors (Lipinski definition) is 3. The van der Waals surface area contributed by atoms with E-state index in [0.717, 1.165) is 6.20 Å². The van der Waals surface area contributed by atoms with Crippen molar-refractivity contribution in [3.8, 4) is 0 Å². The monoisotopic (exact) mass is 300 g/mol. The Labute approximate surface area is 117 Å². The molecule has 1 N–H and O–H groups in total. The molecule has 1 amide bonds. The first kappa shape index (κ1) is 14.9. The summed E-state index contributed by atoms with van der Waals surface area (Å²) >= 11 is 0. The van der Waals surface area contributed by atoms with Gasteiger partial charge in [0.2, 0.25) is 0 Å². The molecular weight excluding hydrogens is 289 g/mol. The highest BCUT2D eigenvalue weighted by atomic mass is 19.4. The lowest BCUT2D eigenvalue weighted by atomic mass is 10.2. The molecular formula is C13H11F3N2O3. The summed E-state index contributed by atoms with van der Waals surface area (Å²) < 4.78 is 42.4. The molecule has 2 heterocycles. The SMILES string of the molecule is Cc1occc1C(=O)Nc1cccn(CC(F)(F)F)c1=O. The molecule has 0 aromatic carbocycles. The summed E-state index contributed by atoms with van der Waals surface area (Å²) in [5, 5.41) is 2.28. The maximum Gasteiger partial charge on any atom is 0.406 e. The third-order valence-corrected chi connectivity index (χ3v) is 2.72. The first-order chi connectivity index (χ1) is 9.78. The first-order valence-corrected chi connectivity index (χ1v) is 5.89. The number of nitrogens with one attached hydrogen (secondary N) is 1. The lowest BCUT2D eigenvalue weighted by molar-refractivity contribution is -0.141. The van der Waals surface area contributed by atoms with Crippen molar-refractivity contribution in [2.45, 2.75) is 19.6 Å². The molecule has 8 heteroatoms. The Morgan fingerprint density at radius 2 is 2.10 bits per heavy atom. The smallest absolute Gasteiger partial charge is 0.406 e. The Morgan fingerprint density at radius 3 is 2.67 bits per heavy atom. The van der Waals surface area contributed by atoms with E-state index < -0.39 is 24.2 Å². The second-order valence-electron chi connectivity index (χ2n) is 4.31. The quantitative estimate of drug-likeness (QED) is 0.947. The van der Waals surface area contributed by atoms with E-state index in [-0.39, 0.29) is 11.3 Å². The Bertz CT molecular complexity index is 716. The van der Waals surface area contributed by atoms with Gasteiger partial charge in [0.25, 0.3) is 11.5 Å². The number of rotatable bonds is 3. The molecule has 112 valence electrons. The number of aromatic nitrogens is 1. The van der Waals surface area contributed by atoms with Gasteiger partial charge in [0.05, 0.1) is 11.8 Å². The van der Waals surface area contributed by atoms with Crippen molar-refractivity contribution in [2.75, 3.05) is 5.32 Å². The molecule has 0 aliphatic heterocycles. The summed E-state index contributed by atoms with van der Waals surface area (Å²) in [5.41, 5.74) is -0.947. The average molecular weight is 300 g/mol. The number of alkyl halides is 3. The van der Waals surface area contributed by atoms with Gasteiger partial charge in [-0.3, -0.25) is 9.59 Å². The van der Waals surface area contributed by atoms with E-state index in [4.69, 9.17) is 4.42 Å². The summed E-state index contributed by atoms with van der Waals surface area (Å²) in [6.45, 7) is 0.141. The molecule has 2 rings (SSSR count). The maximum atomic E-state index is 12.3. The number of aryl methyl sites for hydroxylation is 1.